The average Bonchev–Trinajstić information content (AvgIpc) is 2.69. The molecule has 6 heteroatoms. The van der Waals surface area contributed by atoms with Crippen LogP contribution in [0, 0.1) is 0 Å². The van der Waals surface area contributed by atoms with E-state index in [0.717, 1.165) is 5.52 Å². The van der Waals surface area contributed by atoms with Crippen molar-refractivity contribution in [3.8, 4) is 0 Å². The third-order valence-electron chi connectivity index (χ3n) is 1.89. The highest BCUT2D eigenvalue weighted by atomic mass is 16.2. The quantitative estimate of drug-likeness (QED) is 0.694. The second-order valence-corrected chi connectivity index (χ2v) is 2.88. The van der Waals surface area contributed by atoms with E-state index in [9.17, 15) is 9.59 Å². The SMILES string of the molecule is O=CCNC(=O)c1cc2cncnn2c1. The van der Waals surface area contributed by atoms with Gasteiger partial charge in [0.05, 0.1) is 23.8 Å². The minimum absolute atomic E-state index is 0.0106. The number of rotatable bonds is 3. The van der Waals surface area contributed by atoms with Crippen molar-refractivity contribution < 1.29 is 9.59 Å². The summed E-state index contributed by atoms with van der Waals surface area (Å²) < 4.78 is 1.54. The van der Waals surface area contributed by atoms with Gasteiger partial charge in [-0.15, -0.1) is 0 Å². The van der Waals surface area contributed by atoms with Crippen molar-refractivity contribution in [3.63, 3.8) is 0 Å². The fraction of sp³-hybridized carbons (Fsp3) is 0.111. The maximum absolute atomic E-state index is 11.4. The van der Waals surface area contributed by atoms with E-state index in [1.807, 2.05) is 0 Å². The van der Waals surface area contributed by atoms with Gasteiger partial charge in [0.1, 0.15) is 12.6 Å². The molecule has 0 aliphatic heterocycles. The monoisotopic (exact) mass is 204 g/mol. The molecule has 2 heterocycles. The Labute approximate surface area is 84.9 Å². The van der Waals surface area contributed by atoms with Crippen LogP contribution >= 0.6 is 0 Å². The van der Waals surface area contributed by atoms with Crippen LogP contribution in [0.15, 0.2) is 24.8 Å². The van der Waals surface area contributed by atoms with Gasteiger partial charge in [0.25, 0.3) is 5.91 Å². The first-order chi connectivity index (χ1) is 7.31. The van der Waals surface area contributed by atoms with Gasteiger partial charge in [0, 0.05) is 6.20 Å². The molecule has 0 radical (unpaired) electrons. The third kappa shape index (κ3) is 1.83. The Kier molecular flexibility index (Phi) is 2.40. The Morgan fingerprint density at radius 3 is 3.20 bits per heavy atom. The van der Waals surface area contributed by atoms with Crippen molar-refractivity contribution in [2.45, 2.75) is 0 Å². The molecule has 0 bridgehead atoms. The second kappa shape index (κ2) is 3.87. The lowest BCUT2D eigenvalue weighted by atomic mass is 10.3. The van der Waals surface area contributed by atoms with Crippen LogP contribution in [0.3, 0.4) is 0 Å². The second-order valence-electron chi connectivity index (χ2n) is 2.88. The molecule has 1 N–H and O–H groups in total. The molecule has 0 unspecified atom stereocenters. The predicted octanol–water partition coefficient (Wildman–Crippen LogP) is -0.342. The fourth-order valence-corrected chi connectivity index (χ4v) is 1.22. The summed E-state index contributed by atoms with van der Waals surface area (Å²) in [6, 6.07) is 1.65. The predicted molar refractivity (Wildman–Crippen MR) is 51.4 cm³/mol. The summed E-state index contributed by atoms with van der Waals surface area (Å²) in [5, 5.41) is 6.36. The Balaban J connectivity index is 2.28. The first kappa shape index (κ1) is 9.32. The minimum Gasteiger partial charge on any atom is -0.345 e. The lowest BCUT2D eigenvalue weighted by Crippen LogP contribution is -2.24. The van der Waals surface area contributed by atoms with E-state index < -0.39 is 0 Å². The lowest BCUT2D eigenvalue weighted by Gasteiger charge is -1.95. The summed E-state index contributed by atoms with van der Waals surface area (Å²) in [6.45, 7) is 0.0106. The molecule has 0 aliphatic carbocycles. The van der Waals surface area contributed by atoms with Crippen molar-refractivity contribution in [3.05, 3.63) is 30.4 Å². The normalized spacial score (nSPS) is 10.1. The Morgan fingerprint density at radius 1 is 1.60 bits per heavy atom. The maximum atomic E-state index is 11.4. The molecule has 76 valence electrons. The van der Waals surface area contributed by atoms with Crippen LogP contribution in [0.4, 0.5) is 0 Å². The zero-order valence-corrected chi connectivity index (χ0v) is 7.75. The summed E-state index contributed by atoms with van der Waals surface area (Å²) in [7, 11) is 0. The van der Waals surface area contributed by atoms with E-state index in [0.29, 0.717) is 11.8 Å². The zero-order chi connectivity index (χ0) is 10.7. The van der Waals surface area contributed by atoms with Crippen molar-refractivity contribution in [1.82, 2.24) is 19.9 Å². The molecule has 0 aromatic carbocycles. The first-order valence-electron chi connectivity index (χ1n) is 4.31. The first-order valence-corrected chi connectivity index (χ1v) is 4.31. The number of amides is 1. The van der Waals surface area contributed by atoms with Crippen LogP contribution in [0.1, 0.15) is 10.4 Å². The molecule has 0 aliphatic rings. The average molecular weight is 204 g/mol. The summed E-state index contributed by atoms with van der Waals surface area (Å²) in [6.07, 6.45) is 5.20. The lowest BCUT2D eigenvalue weighted by molar-refractivity contribution is -0.107. The van der Waals surface area contributed by atoms with Gasteiger partial charge in [0.15, 0.2) is 0 Å². The van der Waals surface area contributed by atoms with Gasteiger partial charge in [-0.2, -0.15) is 5.10 Å². The molecule has 0 saturated heterocycles. The van der Waals surface area contributed by atoms with E-state index in [4.69, 9.17) is 0 Å². The highest BCUT2D eigenvalue weighted by Crippen LogP contribution is 2.06. The smallest absolute Gasteiger partial charge is 0.253 e. The van der Waals surface area contributed by atoms with E-state index in [1.54, 1.807) is 23.0 Å². The van der Waals surface area contributed by atoms with Crippen molar-refractivity contribution >= 4 is 17.7 Å². The van der Waals surface area contributed by atoms with Crippen LogP contribution in [-0.4, -0.2) is 33.3 Å². The third-order valence-corrected chi connectivity index (χ3v) is 1.89. The van der Waals surface area contributed by atoms with Crippen LogP contribution in [0.2, 0.25) is 0 Å². The molecule has 0 atom stereocenters. The standard InChI is InChI=1S/C9H8N4O2/c14-2-1-11-9(15)7-3-8-4-10-6-12-13(8)5-7/h2-6H,1H2,(H,11,15). The molecule has 1 amide bonds. The minimum atomic E-state index is -0.299. The number of fused-ring (bicyclic) bond motifs is 1. The van der Waals surface area contributed by atoms with Crippen LogP contribution in [0.25, 0.3) is 5.52 Å². The van der Waals surface area contributed by atoms with Gasteiger partial charge in [-0.1, -0.05) is 0 Å². The molecule has 0 saturated carbocycles. The van der Waals surface area contributed by atoms with E-state index >= 15 is 0 Å². The Bertz CT molecular complexity index is 473. The number of aldehydes is 1. The molecule has 0 spiro atoms. The summed E-state index contributed by atoms with van der Waals surface area (Å²) in [4.78, 5) is 25.3. The summed E-state index contributed by atoms with van der Waals surface area (Å²) in [5.41, 5.74) is 1.19. The van der Waals surface area contributed by atoms with Gasteiger partial charge < -0.3 is 10.1 Å². The van der Waals surface area contributed by atoms with Crippen LogP contribution < -0.4 is 5.32 Å². The number of hydrogen-bond donors (Lipinski definition) is 1. The van der Waals surface area contributed by atoms with Gasteiger partial charge in [-0.05, 0) is 6.07 Å². The van der Waals surface area contributed by atoms with E-state index in [2.05, 4.69) is 15.4 Å². The highest BCUT2D eigenvalue weighted by molar-refractivity contribution is 5.96. The summed E-state index contributed by atoms with van der Waals surface area (Å²) >= 11 is 0. The Morgan fingerprint density at radius 2 is 2.47 bits per heavy atom. The topological polar surface area (TPSA) is 76.4 Å². The number of carbonyl (C=O) groups excluding carboxylic acids is 2. The molecule has 0 fully saturated rings. The number of aromatic nitrogens is 3. The molecule has 2 rings (SSSR count). The Hall–Kier alpha value is -2.24. The van der Waals surface area contributed by atoms with Crippen LogP contribution in [0.5, 0.6) is 0 Å². The van der Waals surface area contributed by atoms with Gasteiger partial charge in [0.2, 0.25) is 0 Å². The molecule has 2 aromatic heterocycles. The van der Waals surface area contributed by atoms with Gasteiger partial charge >= 0.3 is 0 Å². The van der Waals surface area contributed by atoms with Crippen molar-refractivity contribution in [2.75, 3.05) is 6.54 Å². The summed E-state index contributed by atoms with van der Waals surface area (Å²) in [5.74, 6) is -0.299. The number of nitrogens with one attached hydrogen (secondary N) is 1. The number of carbonyl (C=O) groups is 2. The zero-order valence-electron chi connectivity index (χ0n) is 7.75. The molecular formula is C9H8N4O2. The largest absolute Gasteiger partial charge is 0.345 e. The van der Waals surface area contributed by atoms with Gasteiger partial charge in [-0.25, -0.2) is 9.50 Å². The number of nitrogens with zero attached hydrogens (tertiary/aromatic N) is 3. The molecule has 6 nitrogen and oxygen atoms in total. The molecule has 15 heavy (non-hydrogen) atoms. The van der Waals surface area contributed by atoms with Crippen molar-refractivity contribution in [2.24, 2.45) is 0 Å². The van der Waals surface area contributed by atoms with E-state index in [1.165, 1.54) is 6.33 Å². The molecule has 2 aromatic rings. The van der Waals surface area contributed by atoms with E-state index in [-0.39, 0.29) is 12.5 Å². The van der Waals surface area contributed by atoms with Gasteiger partial charge in [-0.3, -0.25) is 4.79 Å². The van der Waals surface area contributed by atoms with Crippen LogP contribution in [-0.2, 0) is 4.79 Å². The van der Waals surface area contributed by atoms with Crippen molar-refractivity contribution in [1.29, 1.82) is 0 Å². The number of hydrogen-bond acceptors (Lipinski definition) is 4. The highest BCUT2D eigenvalue weighted by Gasteiger charge is 2.07. The fourth-order valence-electron chi connectivity index (χ4n) is 1.22. The molecular weight excluding hydrogens is 196 g/mol. The maximum Gasteiger partial charge on any atom is 0.253 e.